The highest BCUT2D eigenvalue weighted by atomic mass is 19.0. The summed E-state index contributed by atoms with van der Waals surface area (Å²) >= 11 is 0. The van der Waals surface area contributed by atoms with Gasteiger partial charge in [-0.3, -0.25) is 19.2 Å². The summed E-state index contributed by atoms with van der Waals surface area (Å²) in [6.45, 7) is 3.79. The molecule has 0 unspecified atom stereocenters. The number of hydrogen-bond donors (Lipinski definition) is 4. The molecule has 0 radical (unpaired) electrons. The third kappa shape index (κ3) is 5.49. The lowest BCUT2D eigenvalue weighted by molar-refractivity contribution is -0.117. The average Bonchev–Trinajstić information content (AvgIpc) is 3.10. The van der Waals surface area contributed by atoms with Gasteiger partial charge >= 0.3 is 0 Å². The van der Waals surface area contributed by atoms with E-state index in [0.717, 1.165) is 53.9 Å². The molecule has 0 atom stereocenters. The topological polar surface area (TPSA) is 102 Å². The molecule has 0 aliphatic carbocycles. The Morgan fingerprint density at radius 1 is 1.12 bits per heavy atom. The predicted molar refractivity (Wildman–Crippen MR) is 139 cm³/mol. The lowest BCUT2D eigenvalue weighted by atomic mass is 10.0. The molecule has 184 valence electrons. The molecule has 1 saturated heterocycles. The standard InChI is InChI=1S/C22H22N6O2.3CH4.FH/c29-19(13-28-8-6-23-7-9-28)25-15-10-16-20-17(12-24-27-22(16)30)21(26-18(20)11-15)14-4-2-1-3-5-14;;;;/h1-5,10-12,23,26H,6-9,13H2,(H,25,29)(H,27,30);3*1H4;1H/i/hT. The molecule has 3 heterocycles. The van der Waals surface area contributed by atoms with Gasteiger partial charge < -0.3 is 15.6 Å². The SMILES string of the molecule is C.C.C.O=C(CN1CCNCC1)Nc1cc2c3c(c(-c4ccccc4)[nH]c3c1)C=NNC2=O.[3H]F. The number of H-pyrrole nitrogens is 1. The number of aromatic nitrogens is 1. The number of anilines is 1. The number of amides is 2. The van der Waals surface area contributed by atoms with Gasteiger partial charge in [-0.2, -0.15) is 5.10 Å². The van der Waals surface area contributed by atoms with E-state index in [1.165, 1.54) is 0 Å². The highest BCUT2D eigenvalue weighted by molar-refractivity contribution is 6.18. The Morgan fingerprint density at radius 2 is 1.82 bits per heavy atom. The lowest BCUT2D eigenvalue weighted by Crippen LogP contribution is -2.46. The van der Waals surface area contributed by atoms with Gasteiger partial charge in [0.2, 0.25) is 5.91 Å². The van der Waals surface area contributed by atoms with Crippen molar-refractivity contribution in [3.05, 3.63) is 53.6 Å². The molecule has 5 rings (SSSR count). The summed E-state index contributed by atoms with van der Waals surface area (Å²) < 4.78 is 13.0. The molecule has 34 heavy (non-hydrogen) atoms. The van der Waals surface area contributed by atoms with Crippen LogP contribution >= 0.6 is 0 Å². The fourth-order valence-electron chi connectivity index (χ4n) is 4.06. The first-order valence-electron chi connectivity index (χ1n) is 10.4. The highest BCUT2D eigenvalue weighted by Gasteiger charge is 2.22. The van der Waals surface area contributed by atoms with Crippen molar-refractivity contribution in [1.29, 1.82) is 1.45 Å². The van der Waals surface area contributed by atoms with E-state index in [4.69, 9.17) is 4.72 Å². The van der Waals surface area contributed by atoms with E-state index >= 15 is 0 Å². The fraction of sp³-hybridized carbons (Fsp3) is 0.320. The van der Waals surface area contributed by atoms with Crippen LogP contribution in [0.4, 0.5) is 10.4 Å². The van der Waals surface area contributed by atoms with Crippen molar-refractivity contribution in [1.82, 2.24) is 20.6 Å². The number of carbonyl (C=O) groups is 2. The summed E-state index contributed by atoms with van der Waals surface area (Å²) in [7, 11) is 0. The van der Waals surface area contributed by atoms with Crippen LogP contribution in [-0.2, 0) is 4.79 Å². The third-order valence-electron chi connectivity index (χ3n) is 5.46. The monoisotopic (exact) mass is 472 g/mol. The van der Waals surface area contributed by atoms with Crippen LogP contribution in [0.25, 0.3) is 22.2 Å². The lowest BCUT2D eigenvalue weighted by Gasteiger charge is -2.26. The van der Waals surface area contributed by atoms with Gasteiger partial charge in [-0.1, -0.05) is 52.6 Å². The second kappa shape index (κ2) is 12.1. The number of hydrogen-bond acceptors (Lipinski definition) is 5. The van der Waals surface area contributed by atoms with Crippen LogP contribution in [0.1, 0.15) is 38.2 Å². The maximum atomic E-state index is 12.6. The van der Waals surface area contributed by atoms with Crippen molar-refractivity contribution in [3.63, 3.8) is 0 Å². The van der Waals surface area contributed by atoms with E-state index in [-0.39, 0.29) is 34.1 Å². The van der Waals surface area contributed by atoms with Crippen molar-refractivity contribution >= 4 is 34.6 Å². The molecule has 8 nitrogen and oxygen atoms in total. The first-order chi connectivity index (χ1) is 15.7. The Labute approximate surface area is 201 Å². The van der Waals surface area contributed by atoms with Crippen LogP contribution in [0, 0.1) is 0 Å². The Balaban J connectivity index is 0.00000120. The molecule has 2 aromatic carbocycles. The normalized spacial score (nSPS) is 14.6. The number of piperazine rings is 1. The molecule has 0 bridgehead atoms. The summed E-state index contributed by atoms with van der Waals surface area (Å²) in [5.74, 6) is -0.393. The van der Waals surface area contributed by atoms with Crippen LogP contribution in [0.2, 0.25) is 0 Å². The maximum Gasteiger partial charge on any atom is 0.272 e. The molecular weight excluding hydrogens is 435 g/mol. The number of nitrogens with zero attached hydrogens (tertiary/aromatic N) is 2. The van der Waals surface area contributed by atoms with Gasteiger partial charge in [0.05, 0.1) is 24.0 Å². The largest absolute Gasteiger partial charge is 0.354 e. The van der Waals surface area contributed by atoms with Gasteiger partial charge in [0.15, 0.2) is 0 Å². The number of halogens is 1. The molecule has 3 aromatic rings. The molecule has 0 spiro atoms. The molecular formula is C25H35FN6O2. The van der Waals surface area contributed by atoms with Crippen molar-refractivity contribution in [2.75, 3.05) is 38.0 Å². The highest BCUT2D eigenvalue weighted by Crippen LogP contribution is 2.34. The van der Waals surface area contributed by atoms with Crippen LogP contribution in [0.15, 0.2) is 47.6 Å². The third-order valence-corrected chi connectivity index (χ3v) is 5.46. The summed E-state index contributed by atoms with van der Waals surface area (Å²) in [6.07, 6.45) is 1.66. The van der Waals surface area contributed by atoms with Crippen molar-refractivity contribution in [2.24, 2.45) is 5.10 Å². The summed E-state index contributed by atoms with van der Waals surface area (Å²) in [5, 5.41) is 11.1. The summed E-state index contributed by atoms with van der Waals surface area (Å²) in [4.78, 5) is 30.7. The quantitative estimate of drug-likeness (QED) is 0.464. The van der Waals surface area contributed by atoms with E-state index in [1.54, 1.807) is 12.3 Å². The van der Waals surface area contributed by atoms with E-state index in [2.05, 4.69) is 32.5 Å². The fourth-order valence-corrected chi connectivity index (χ4v) is 4.06. The van der Waals surface area contributed by atoms with E-state index in [1.807, 2.05) is 36.4 Å². The Hall–Kier alpha value is -3.56. The maximum absolute atomic E-state index is 12.6. The van der Waals surface area contributed by atoms with Crippen LogP contribution < -0.4 is 16.1 Å². The molecule has 2 aliphatic rings. The number of hydrazone groups is 1. The summed E-state index contributed by atoms with van der Waals surface area (Å²) in [5.41, 5.74) is 7.13. The Morgan fingerprint density at radius 3 is 2.53 bits per heavy atom. The van der Waals surface area contributed by atoms with Gasteiger partial charge in [0.25, 0.3) is 7.36 Å². The average molecular weight is 473 g/mol. The molecule has 2 aliphatic heterocycles. The van der Waals surface area contributed by atoms with Crippen molar-refractivity contribution < 1.29 is 14.3 Å². The summed E-state index contributed by atoms with van der Waals surface area (Å²) in [6, 6.07) is 13.5. The first kappa shape index (κ1) is 26.7. The number of rotatable bonds is 4. The number of nitrogens with one attached hydrogen (secondary N) is 4. The zero-order chi connectivity index (χ0) is 22.5. The number of carbonyl (C=O) groups excluding carboxylic acids is 2. The van der Waals surface area contributed by atoms with Gasteiger partial charge in [-0.05, 0) is 17.7 Å². The minimum Gasteiger partial charge on any atom is -0.354 e. The molecule has 4 N–H and O–H groups in total. The molecule has 1 fully saturated rings. The Kier molecular flexibility index (Phi) is 9.47. The predicted octanol–water partition coefficient (Wildman–Crippen LogP) is 3.82. The van der Waals surface area contributed by atoms with Gasteiger partial charge in [0, 0.05) is 48.3 Å². The minimum atomic E-state index is -0.299. The minimum absolute atomic E-state index is 0. The second-order valence-corrected chi connectivity index (χ2v) is 7.50. The second-order valence-electron chi connectivity index (χ2n) is 7.50. The molecule has 0 saturated carbocycles. The van der Waals surface area contributed by atoms with Gasteiger partial charge in [0.1, 0.15) is 0 Å². The zero-order valence-electron chi connectivity index (χ0n) is 17.7. The van der Waals surface area contributed by atoms with E-state index < -0.39 is 0 Å². The molecule has 1 aromatic heterocycles. The van der Waals surface area contributed by atoms with E-state index in [9.17, 15) is 9.59 Å². The number of aromatic amines is 1. The molecule has 2 amide bonds. The smallest absolute Gasteiger partial charge is 0.272 e. The first-order valence-corrected chi connectivity index (χ1v) is 10.0. The van der Waals surface area contributed by atoms with E-state index in [0.29, 0.717) is 17.8 Å². The van der Waals surface area contributed by atoms with Crippen molar-refractivity contribution in [2.45, 2.75) is 22.3 Å². The van der Waals surface area contributed by atoms with Gasteiger partial charge in [-0.25, -0.2) is 5.43 Å². The van der Waals surface area contributed by atoms with Gasteiger partial charge in [-0.15, -0.1) is 0 Å². The van der Waals surface area contributed by atoms with Crippen LogP contribution in [0.5, 0.6) is 0 Å². The van der Waals surface area contributed by atoms with Crippen LogP contribution in [-0.4, -0.2) is 62.1 Å². The van der Waals surface area contributed by atoms with Crippen LogP contribution in [0.3, 0.4) is 0 Å². The molecule has 9 heteroatoms. The Bertz CT molecular complexity index is 1160. The number of benzene rings is 2. The zero-order valence-corrected chi connectivity index (χ0v) is 16.7. The van der Waals surface area contributed by atoms with Crippen molar-refractivity contribution in [3.8, 4) is 11.3 Å².